The van der Waals surface area contributed by atoms with E-state index in [1.54, 1.807) is 36.4 Å². The molecule has 0 aliphatic heterocycles. The van der Waals surface area contributed by atoms with Crippen LogP contribution >= 0.6 is 11.3 Å². The Morgan fingerprint density at radius 2 is 1.75 bits per heavy atom. The predicted octanol–water partition coefficient (Wildman–Crippen LogP) is 4.47. The molecule has 1 aromatic heterocycles. The molecule has 3 aromatic rings. The molecular formula is C22H20N2O3S. The minimum absolute atomic E-state index is 0.154. The van der Waals surface area contributed by atoms with Crippen LogP contribution < -0.4 is 15.4 Å². The number of anilines is 1. The monoisotopic (exact) mass is 392 g/mol. The molecule has 0 unspecified atom stereocenters. The second-order valence-corrected chi connectivity index (χ2v) is 6.98. The Balaban J connectivity index is 1.88. The van der Waals surface area contributed by atoms with E-state index in [0.717, 1.165) is 10.4 Å². The van der Waals surface area contributed by atoms with Crippen LogP contribution in [0.2, 0.25) is 0 Å². The highest BCUT2D eigenvalue weighted by atomic mass is 32.1. The number of carbonyl (C=O) groups excluding carboxylic acids is 2. The largest absolute Gasteiger partial charge is 0.495 e. The van der Waals surface area contributed by atoms with Crippen molar-refractivity contribution in [3.05, 3.63) is 87.7 Å². The average Bonchev–Trinajstić information content (AvgIpc) is 3.21. The van der Waals surface area contributed by atoms with Gasteiger partial charge in [-0.15, -0.1) is 11.3 Å². The zero-order chi connectivity index (χ0) is 19.9. The molecule has 3 rings (SSSR count). The van der Waals surface area contributed by atoms with Crippen LogP contribution in [0.25, 0.3) is 6.08 Å². The summed E-state index contributed by atoms with van der Waals surface area (Å²) in [5.41, 5.74) is 2.03. The maximum absolute atomic E-state index is 12.9. The molecule has 0 aliphatic rings. The zero-order valence-electron chi connectivity index (χ0n) is 15.6. The average molecular weight is 392 g/mol. The summed E-state index contributed by atoms with van der Waals surface area (Å²) in [6.07, 6.45) is 1.66. The van der Waals surface area contributed by atoms with E-state index in [1.165, 1.54) is 18.4 Å². The van der Waals surface area contributed by atoms with Crippen molar-refractivity contribution in [3.63, 3.8) is 0 Å². The maximum Gasteiger partial charge on any atom is 0.272 e. The fourth-order valence-electron chi connectivity index (χ4n) is 2.63. The van der Waals surface area contributed by atoms with E-state index in [4.69, 9.17) is 4.74 Å². The Kier molecular flexibility index (Phi) is 6.24. The van der Waals surface area contributed by atoms with Gasteiger partial charge in [0.05, 0.1) is 12.8 Å². The van der Waals surface area contributed by atoms with Gasteiger partial charge < -0.3 is 15.4 Å². The zero-order valence-corrected chi connectivity index (χ0v) is 16.4. The maximum atomic E-state index is 12.9. The first-order chi connectivity index (χ1) is 13.6. The molecule has 2 aromatic carbocycles. The molecule has 6 heteroatoms. The third-order valence-electron chi connectivity index (χ3n) is 4.07. The lowest BCUT2D eigenvalue weighted by atomic mass is 10.1. The van der Waals surface area contributed by atoms with E-state index in [9.17, 15) is 9.59 Å². The van der Waals surface area contributed by atoms with Crippen LogP contribution in [-0.4, -0.2) is 18.9 Å². The lowest BCUT2D eigenvalue weighted by Crippen LogP contribution is -2.31. The number of amides is 2. The van der Waals surface area contributed by atoms with Gasteiger partial charge >= 0.3 is 0 Å². The van der Waals surface area contributed by atoms with Gasteiger partial charge in [0.15, 0.2) is 0 Å². The van der Waals surface area contributed by atoms with Crippen molar-refractivity contribution >= 4 is 34.9 Å². The third-order valence-corrected chi connectivity index (χ3v) is 4.89. The van der Waals surface area contributed by atoms with Crippen molar-refractivity contribution in [1.82, 2.24) is 5.32 Å². The summed E-state index contributed by atoms with van der Waals surface area (Å²) in [6, 6.07) is 18.1. The summed E-state index contributed by atoms with van der Waals surface area (Å²) >= 11 is 1.48. The van der Waals surface area contributed by atoms with Gasteiger partial charge in [0.25, 0.3) is 11.8 Å². The predicted molar refractivity (Wildman–Crippen MR) is 113 cm³/mol. The van der Waals surface area contributed by atoms with Gasteiger partial charge in [-0.3, -0.25) is 9.59 Å². The molecule has 0 saturated carbocycles. The first kappa shape index (κ1) is 19.4. The number of hydrogen-bond acceptors (Lipinski definition) is 4. The molecule has 0 radical (unpaired) electrons. The van der Waals surface area contributed by atoms with Crippen molar-refractivity contribution in [1.29, 1.82) is 0 Å². The number of benzene rings is 2. The number of methoxy groups -OCH3 is 1. The molecule has 142 valence electrons. The van der Waals surface area contributed by atoms with E-state index in [2.05, 4.69) is 10.6 Å². The Morgan fingerprint density at radius 1 is 1.00 bits per heavy atom. The molecule has 1 heterocycles. The Bertz CT molecular complexity index is 1010. The summed E-state index contributed by atoms with van der Waals surface area (Å²) in [6.45, 7) is 1.85. The van der Waals surface area contributed by atoms with Crippen LogP contribution in [0.5, 0.6) is 5.75 Å². The number of para-hydroxylation sites is 2. The fraction of sp³-hybridized carbons (Fsp3) is 0.0909. The molecule has 2 amide bonds. The van der Waals surface area contributed by atoms with E-state index in [0.29, 0.717) is 17.0 Å². The van der Waals surface area contributed by atoms with E-state index < -0.39 is 5.91 Å². The van der Waals surface area contributed by atoms with E-state index in [-0.39, 0.29) is 11.6 Å². The molecule has 0 bridgehead atoms. The van der Waals surface area contributed by atoms with Crippen molar-refractivity contribution in [2.75, 3.05) is 12.4 Å². The number of nitrogens with one attached hydrogen (secondary N) is 2. The van der Waals surface area contributed by atoms with Crippen LogP contribution in [-0.2, 0) is 4.79 Å². The van der Waals surface area contributed by atoms with Crippen LogP contribution in [0, 0.1) is 6.92 Å². The van der Waals surface area contributed by atoms with Gasteiger partial charge in [0.2, 0.25) is 0 Å². The quantitative estimate of drug-likeness (QED) is 0.608. The SMILES string of the molecule is COc1ccccc1NC(=O)/C(=C/c1cccs1)NC(=O)c1ccccc1C. The first-order valence-electron chi connectivity index (χ1n) is 8.65. The number of rotatable bonds is 6. The van der Waals surface area contributed by atoms with Gasteiger partial charge in [0.1, 0.15) is 11.4 Å². The van der Waals surface area contributed by atoms with Gasteiger partial charge in [0, 0.05) is 10.4 Å². The van der Waals surface area contributed by atoms with Crippen molar-refractivity contribution in [2.24, 2.45) is 0 Å². The van der Waals surface area contributed by atoms with Gasteiger partial charge in [-0.2, -0.15) is 0 Å². The van der Waals surface area contributed by atoms with Gasteiger partial charge in [-0.25, -0.2) is 0 Å². The summed E-state index contributed by atoms with van der Waals surface area (Å²) < 4.78 is 5.28. The summed E-state index contributed by atoms with van der Waals surface area (Å²) in [4.78, 5) is 26.5. The molecule has 0 aliphatic carbocycles. The number of hydrogen-bond donors (Lipinski definition) is 2. The van der Waals surface area contributed by atoms with E-state index in [1.807, 2.05) is 42.6 Å². The fourth-order valence-corrected chi connectivity index (χ4v) is 3.29. The second-order valence-electron chi connectivity index (χ2n) is 6.00. The molecule has 28 heavy (non-hydrogen) atoms. The van der Waals surface area contributed by atoms with Crippen LogP contribution in [0.15, 0.2) is 71.7 Å². The molecule has 0 saturated heterocycles. The third kappa shape index (κ3) is 4.66. The van der Waals surface area contributed by atoms with E-state index >= 15 is 0 Å². The normalized spacial score (nSPS) is 11.0. The minimum Gasteiger partial charge on any atom is -0.495 e. The summed E-state index contributed by atoms with van der Waals surface area (Å²) in [5, 5.41) is 7.46. The number of thiophene rings is 1. The molecule has 0 fully saturated rings. The number of carbonyl (C=O) groups is 2. The number of aryl methyl sites for hydroxylation is 1. The lowest BCUT2D eigenvalue weighted by Gasteiger charge is -2.13. The highest BCUT2D eigenvalue weighted by Gasteiger charge is 2.17. The first-order valence-corrected chi connectivity index (χ1v) is 9.53. The highest BCUT2D eigenvalue weighted by Crippen LogP contribution is 2.24. The van der Waals surface area contributed by atoms with Gasteiger partial charge in [-0.05, 0) is 48.2 Å². The molecule has 2 N–H and O–H groups in total. The molecular weight excluding hydrogens is 372 g/mol. The van der Waals surface area contributed by atoms with Crippen molar-refractivity contribution < 1.29 is 14.3 Å². The summed E-state index contributed by atoms with van der Waals surface area (Å²) in [5.74, 6) is -0.229. The standard InChI is InChI=1S/C22H20N2O3S/c1-15-8-3-4-10-17(15)21(25)24-19(14-16-9-7-13-28-16)22(26)23-18-11-5-6-12-20(18)27-2/h3-14H,1-2H3,(H,23,26)(H,24,25)/b19-14-. The van der Waals surface area contributed by atoms with Crippen LogP contribution in [0.1, 0.15) is 20.8 Å². The highest BCUT2D eigenvalue weighted by molar-refractivity contribution is 7.10. The smallest absolute Gasteiger partial charge is 0.272 e. The Hall–Kier alpha value is -3.38. The topological polar surface area (TPSA) is 67.4 Å². The second kappa shape index (κ2) is 9.01. The van der Waals surface area contributed by atoms with Gasteiger partial charge in [-0.1, -0.05) is 36.4 Å². The Morgan fingerprint density at radius 3 is 2.46 bits per heavy atom. The molecule has 0 spiro atoms. The lowest BCUT2D eigenvalue weighted by molar-refractivity contribution is -0.113. The van der Waals surface area contributed by atoms with Crippen LogP contribution in [0.4, 0.5) is 5.69 Å². The van der Waals surface area contributed by atoms with Crippen molar-refractivity contribution in [3.8, 4) is 5.75 Å². The summed E-state index contributed by atoms with van der Waals surface area (Å²) in [7, 11) is 1.54. The molecule has 0 atom stereocenters. The van der Waals surface area contributed by atoms with Crippen molar-refractivity contribution in [2.45, 2.75) is 6.92 Å². The van der Waals surface area contributed by atoms with Crippen LogP contribution in [0.3, 0.4) is 0 Å². The molecule has 5 nitrogen and oxygen atoms in total. The Labute approximate surface area is 167 Å². The number of ether oxygens (including phenoxy) is 1. The minimum atomic E-state index is -0.431.